The van der Waals surface area contributed by atoms with Crippen LogP contribution in [0.3, 0.4) is 0 Å². The fourth-order valence-electron chi connectivity index (χ4n) is 2.26. The van der Waals surface area contributed by atoms with E-state index in [9.17, 15) is 4.79 Å². The molecule has 0 aliphatic heterocycles. The number of carbonyl (C=O) groups is 1. The Morgan fingerprint density at radius 1 is 1.27 bits per heavy atom. The van der Waals surface area contributed by atoms with Crippen LogP contribution in [0.1, 0.15) is 10.4 Å². The molecular formula is C16H14N2O4. The van der Waals surface area contributed by atoms with Crippen molar-refractivity contribution in [1.29, 1.82) is 0 Å². The molecule has 0 aliphatic rings. The van der Waals surface area contributed by atoms with E-state index in [4.69, 9.17) is 14.6 Å². The maximum absolute atomic E-state index is 11.6. The summed E-state index contributed by atoms with van der Waals surface area (Å²) in [4.78, 5) is 15.9. The summed E-state index contributed by atoms with van der Waals surface area (Å²) in [6, 6.07) is 12.5. The van der Waals surface area contributed by atoms with Gasteiger partial charge >= 0.3 is 5.97 Å². The van der Waals surface area contributed by atoms with Crippen LogP contribution in [0, 0.1) is 0 Å². The van der Waals surface area contributed by atoms with Crippen LogP contribution in [0.15, 0.2) is 48.8 Å². The number of methoxy groups -OCH3 is 1. The monoisotopic (exact) mass is 298 g/mol. The van der Waals surface area contributed by atoms with Crippen molar-refractivity contribution in [3.05, 3.63) is 54.4 Å². The predicted octanol–water partition coefficient (Wildman–Crippen LogP) is 2.14. The molecule has 0 saturated heterocycles. The zero-order chi connectivity index (χ0) is 15.5. The first kappa shape index (κ1) is 14.1. The summed E-state index contributed by atoms with van der Waals surface area (Å²) in [5.41, 5.74) is 2.85. The lowest BCUT2D eigenvalue weighted by Gasteiger charge is -2.07. The van der Waals surface area contributed by atoms with Crippen molar-refractivity contribution in [3.63, 3.8) is 0 Å². The van der Waals surface area contributed by atoms with Crippen LogP contribution in [-0.4, -0.2) is 34.5 Å². The number of fused-ring (bicyclic) bond motifs is 1. The molecule has 1 aromatic heterocycles. The Morgan fingerprint density at radius 2 is 2.14 bits per heavy atom. The number of hydrogen-bond acceptors (Lipinski definition) is 5. The highest BCUT2D eigenvalue weighted by Gasteiger charge is 2.10. The third-order valence-corrected chi connectivity index (χ3v) is 3.30. The lowest BCUT2D eigenvalue weighted by atomic mass is 10.2. The van der Waals surface area contributed by atoms with E-state index in [2.05, 4.69) is 4.98 Å². The number of ether oxygens (including phenoxy) is 2. The van der Waals surface area contributed by atoms with E-state index in [1.165, 1.54) is 7.11 Å². The number of aromatic nitrogens is 2. The quantitative estimate of drug-likeness (QED) is 0.590. The largest absolute Gasteiger partial charge is 0.468 e. The molecule has 0 aliphatic carbocycles. The van der Waals surface area contributed by atoms with Gasteiger partial charge < -0.3 is 14.6 Å². The van der Waals surface area contributed by atoms with Crippen LogP contribution < -0.4 is 4.74 Å². The second-order valence-corrected chi connectivity index (χ2v) is 4.58. The minimum atomic E-state index is -0.394. The van der Waals surface area contributed by atoms with Gasteiger partial charge in [0.05, 0.1) is 29.4 Å². The highest BCUT2D eigenvalue weighted by Crippen LogP contribution is 2.22. The first-order valence-corrected chi connectivity index (χ1v) is 6.62. The van der Waals surface area contributed by atoms with E-state index >= 15 is 0 Å². The zero-order valence-electron chi connectivity index (χ0n) is 11.9. The van der Waals surface area contributed by atoms with Gasteiger partial charge in [-0.1, -0.05) is 6.07 Å². The summed E-state index contributed by atoms with van der Waals surface area (Å²) in [6.07, 6.45) is 1.67. The second-order valence-electron chi connectivity index (χ2n) is 4.58. The van der Waals surface area contributed by atoms with Crippen molar-refractivity contribution in [2.75, 3.05) is 13.9 Å². The van der Waals surface area contributed by atoms with Gasteiger partial charge in [-0.2, -0.15) is 0 Å². The van der Waals surface area contributed by atoms with Crippen molar-refractivity contribution in [2.45, 2.75) is 0 Å². The molecule has 22 heavy (non-hydrogen) atoms. The van der Waals surface area contributed by atoms with E-state index in [1.54, 1.807) is 30.6 Å². The summed E-state index contributed by atoms with van der Waals surface area (Å²) < 4.78 is 11.7. The first-order valence-electron chi connectivity index (χ1n) is 6.62. The number of hydrogen-bond donors (Lipinski definition) is 1. The summed E-state index contributed by atoms with van der Waals surface area (Å²) in [5.74, 6) is 0.169. The molecule has 0 radical (unpaired) electrons. The maximum Gasteiger partial charge on any atom is 0.337 e. The molecule has 1 N–H and O–H groups in total. The van der Waals surface area contributed by atoms with Gasteiger partial charge in [0, 0.05) is 6.07 Å². The minimum Gasteiger partial charge on any atom is -0.468 e. The third kappa shape index (κ3) is 2.51. The molecular weight excluding hydrogens is 284 g/mol. The van der Waals surface area contributed by atoms with E-state index in [0.29, 0.717) is 16.8 Å². The minimum absolute atomic E-state index is 0.378. The Morgan fingerprint density at radius 3 is 2.91 bits per heavy atom. The molecule has 3 rings (SSSR count). The molecule has 2 aromatic carbocycles. The lowest BCUT2D eigenvalue weighted by Crippen LogP contribution is -2.01. The van der Waals surface area contributed by atoms with Crippen LogP contribution in [0.25, 0.3) is 16.7 Å². The normalized spacial score (nSPS) is 10.6. The van der Waals surface area contributed by atoms with Crippen LogP contribution in [0.2, 0.25) is 0 Å². The predicted molar refractivity (Wildman–Crippen MR) is 80.1 cm³/mol. The van der Waals surface area contributed by atoms with Gasteiger partial charge in [-0.3, -0.25) is 4.57 Å². The molecule has 6 nitrogen and oxygen atoms in total. The molecule has 0 bridgehead atoms. The summed E-state index contributed by atoms with van der Waals surface area (Å²) in [7, 11) is 1.35. The molecule has 0 saturated carbocycles. The number of carbonyl (C=O) groups excluding carboxylic acids is 1. The van der Waals surface area contributed by atoms with Gasteiger partial charge in [0.1, 0.15) is 12.1 Å². The summed E-state index contributed by atoms with van der Waals surface area (Å²) in [5, 5.41) is 8.83. The highest BCUT2D eigenvalue weighted by atomic mass is 16.6. The van der Waals surface area contributed by atoms with Crippen LogP contribution in [-0.2, 0) is 4.74 Å². The first-order chi connectivity index (χ1) is 10.7. The number of rotatable bonds is 4. The number of benzene rings is 2. The van der Waals surface area contributed by atoms with Crippen molar-refractivity contribution < 1.29 is 19.4 Å². The fourth-order valence-corrected chi connectivity index (χ4v) is 2.26. The molecule has 3 aromatic rings. The van der Waals surface area contributed by atoms with Crippen molar-refractivity contribution in [3.8, 4) is 11.4 Å². The molecule has 0 amide bonds. The summed E-state index contributed by atoms with van der Waals surface area (Å²) >= 11 is 0. The Bertz CT molecular complexity index is 826. The zero-order valence-corrected chi connectivity index (χ0v) is 11.9. The average molecular weight is 298 g/mol. The van der Waals surface area contributed by atoms with Crippen molar-refractivity contribution in [2.24, 2.45) is 0 Å². The standard InChI is InChI=1S/C16H14N2O4/c1-21-16(20)11-5-6-15-14(7-11)17-9-18(15)12-3-2-4-13(8-12)22-10-19/h2-9,19H,10H2,1H3. The fraction of sp³-hybridized carbons (Fsp3) is 0.125. The van der Waals surface area contributed by atoms with Crippen LogP contribution in [0.5, 0.6) is 5.75 Å². The molecule has 1 heterocycles. The number of esters is 1. The Hall–Kier alpha value is -2.86. The average Bonchev–Trinajstić information content (AvgIpc) is 2.97. The van der Waals surface area contributed by atoms with Gasteiger partial charge in [0.2, 0.25) is 0 Å². The number of aliphatic hydroxyl groups is 1. The smallest absolute Gasteiger partial charge is 0.337 e. The maximum atomic E-state index is 11.6. The van der Waals surface area contributed by atoms with Gasteiger partial charge in [-0.05, 0) is 30.3 Å². The molecule has 0 unspecified atom stereocenters. The van der Waals surface area contributed by atoms with Gasteiger partial charge in [-0.15, -0.1) is 0 Å². The number of aliphatic hydroxyl groups excluding tert-OH is 1. The van der Waals surface area contributed by atoms with E-state index < -0.39 is 5.97 Å². The SMILES string of the molecule is COC(=O)c1ccc2c(c1)ncn2-c1cccc(OCO)c1. The Balaban J connectivity index is 2.05. The highest BCUT2D eigenvalue weighted by molar-refractivity contribution is 5.93. The van der Waals surface area contributed by atoms with E-state index in [0.717, 1.165) is 11.2 Å². The van der Waals surface area contributed by atoms with Gasteiger partial charge in [-0.25, -0.2) is 9.78 Å². The third-order valence-electron chi connectivity index (χ3n) is 3.30. The van der Waals surface area contributed by atoms with Gasteiger partial charge in [0.25, 0.3) is 0 Å². The molecule has 0 atom stereocenters. The topological polar surface area (TPSA) is 73.6 Å². The van der Waals surface area contributed by atoms with Crippen LogP contribution >= 0.6 is 0 Å². The summed E-state index contributed by atoms with van der Waals surface area (Å²) in [6.45, 7) is -0.378. The van der Waals surface area contributed by atoms with Crippen LogP contribution in [0.4, 0.5) is 0 Å². The molecule has 0 spiro atoms. The molecule has 6 heteroatoms. The second kappa shape index (κ2) is 5.87. The Kier molecular flexibility index (Phi) is 3.76. The molecule has 112 valence electrons. The van der Waals surface area contributed by atoms with Crippen molar-refractivity contribution >= 4 is 17.0 Å². The van der Waals surface area contributed by atoms with Gasteiger partial charge in [0.15, 0.2) is 6.79 Å². The number of nitrogens with zero attached hydrogens (tertiary/aromatic N) is 2. The Labute approximate surface area is 126 Å². The van der Waals surface area contributed by atoms with E-state index in [1.807, 2.05) is 22.8 Å². The number of imidazole rings is 1. The molecule has 0 fully saturated rings. The van der Waals surface area contributed by atoms with E-state index in [-0.39, 0.29) is 6.79 Å². The lowest BCUT2D eigenvalue weighted by molar-refractivity contribution is 0.0601. The van der Waals surface area contributed by atoms with Crippen molar-refractivity contribution in [1.82, 2.24) is 9.55 Å².